The van der Waals surface area contributed by atoms with E-state index in [2.05, 4.69) is 70.7 Å². The van der Waals surface area contributed by atoms with Crippen molar-refractivity contribution in [2.24, 2.45) is 17.6 Å². The molecule has 0 bridgehead atoms. The van der Waals surface area contributed by atoms with E-state index in [1.54, 1.807) is 0 Å². The average molecular weight is 322 g/mol. The van der Waals surface area contributed by atoms with Gasteiger partial charge in [0.15, 0.2) is 0 Å². The largest absolute Gasteiger partial charge is 0.321 e. The fourth-order valence-electron chi connectivity index (χ4n) is 3.59. The van der Waals surface area contributed by atoms with Gasteiger partial charge in [-0.25, -0.2) is 0 Å². The molecule has 1 heteroatoms. The minimum absolute atomic E-state index is 0.255. The van der Waals surface area contributed by atoms with Crippen molar-refractivity contribution in [1.82, 2.24) is 0 Å². The van der Waals surface area contributed by atoms with E-state index >= 15 is 0 Å². The second-order valence-electron chi connectivity index (χ2n) is 7.77. The molecule has 0 saturated heterocycles. The highest BCUT2D eigenvalue weighted by Crippen LogP contribution is 2.33. The van der Waals surface area contributed by atoms with Crippen LogP contribution in [0, 0.1) is 11.8 Å². The van der Waals surface area contributed by atoms with Gasteiger partial charge in [0.2, 0.25) is 0 Å². The molecule has 128 valence electrons. The molecular formula is C23H31N. The maximum Gasteiger partial charge on any atom is 0.0414 e. The standard InChI is InChI=1S/C23H31N/c1-17(2)15-23(24,16-18(3)4)22-13-11-21(12-14-22)19(5)20-9-7-6-8-10-20/h6-14,17-18H,5,15-16,24H2,1-4H3. The van der Waals surface area contributed by atoms with Crippen LogP contribution in [0.5, 0.6) is 0 Å². The molecule has 0 fully saturated rings. The summed E-state index contributed by atoms with van der Waals surface area (Å²) in [5.41, 5.74) is 11.2. The summed E-state index contributed by atoms with van der Waals surface area (Å²) in [5, 5.41) is 0. The minimum Gasteiger partial charge on any atom is -0.321 e. The molecule has 2 N–H and O–H groups in total. The first kappa shape index (κ1) is 18.5. The first-order valence-corrected chi connectivity index (χ1v) is 8.96. The van der Waals surface area contributed by atoms with Gasteiger partial charge < -0.3 is 5.73 Å². The Balaban J connectivity index is 2.27. The predicted octanol–water partition coefficient (Wildman–Crippen LogP) is 5.99. The molecule has 2 aromatic carbocycles. The van der Waals surface area contributed by atoms with Crippen molar-refractivity contribution in [3.63, 3.8) is 0 Å². The summed E-state index contributed by atoms with van der Waals surface area (Å²) in [6.45, 7) is 13.2. The van der Waals surface area contributed by atoms with Gasteiger partial charge in [-0.1, -0.05) is 88.9 Å². The van der Waals surface area contributed by atoms with Gasteiger partial charge in [0.25, 0.3) is 0 Å². The Hall–Kier alpha value is -1.86. The average Bonchev–Trinajstić information content (AvgIpc) is 2.53. The van der Waals surface area contributed by atoms with E-state index < -0.39 is 0 Å². The summed E-state index contributed by atoms with van der Waals surface area (Å²) in [6, 6.07) is 19.0. The zero-order chi connectivity index (χ0) is 17.7. The molecule has 0 saturated carbocycles. The molecule has 0 atom stereocenters. The molecule has 0 spiro atoms. The Morgan fingerprint density at radius 3 is 1.75 bits per heavy atom. The van der Waals surface area contributed by atoms with Crippen LogP contribution < -0.4 is 5.73 Å². The number of rotatable bonds is 7. The molecule has 0 radical (unpaired) electrons. The van der Waals surface area contributed by atoms with E-state index in [0.717, 1.165) is 29.5 Å². The van der Waals surface area contributed by atoms with Gasteiger partial charge >= 0.3 is 0 Å². The fraction of sp³-hybridized carbons (Fsp3) is 0.391. The lowest BCUT2D eigenvalue weighted by Gasteiger charge is -2.34. The SMILES string of the molecule is C=C(c1ccccc1)c1ccc(C(N)(CC(C)C)CC(C)C)cc1. The Bertz CT molecular complexity index is 640. The van der Waals surface area contributed by atoms with Crippen molar-refractivity contribution in [1.29, 1.82) is 0 Å². The van der Waals surface area contributed by atoms with Crippen molar-refractivity contribution in [2.75, 3.05) is 0 Å². The van der Waals surface area contributed by atoms with Crippen LogP contribution in [-0.4, -0.2) is 0 Å². The third kappa shape index (κ3) is 4.58. The monoisotopic (exact) mass is 321 g/mol. The molecule has 1 nitrogen and oxygen atoms in total. The van der Waals surface area contributed by atoms with Gasteiger partial charge in [-0.05, 0) is 46.9 Å². The van der Waals surface area contributed by atoms with E-state index in [9.17, 15) is 0 Å². The first-order valence-electron chi connectivity index (χ1n) is 8.96. The zero-order valence-electron chi connectivity index (χ0n) is 15.5. The molecule has 0 aromatic heterocycles. The third-order valence-corrected chi connectivity index (χ3v) is 4.48. The van der Waals surface area contributed by atoms with Crippen LogP contribution in [0.25, 0.3) is 5.57 Å². The lowest BCUT2D eigenvalue weighted by Crippen LogP contribution is -2.39. The van der Waals surface area contributed by atoms with Gasteiger partial charge in [-0.3, -0.25) is 0 Å². The predicted molar refractivity (Wildman–Crippen MR) is 106 cm³/mol. The Morgan fingerprint density at radius 2 is 1.29 bits per heavy atom. The highest BCUT2D eigenvalue weighted by atomic mass is 14.7. The first-order chi connectivity index (χ1) is 11.3. The molecule has 24 heavy (non-hydrogen) atoms. The van der Waals surface area contributed by atoms with Crippen LogP contribution in [0.2, 0.25) is 0 Å². The molecule has 0 amide bonds. The van der Waals surface area contributed by atoms with Crippen molar-refractivity contribution in [3.05, 3.63) is 77.9 Å². The minimum atomic E-state index is -0.255. The number of hydrogen-bond donors (Lipinski definition) is 1. The van der Waals surface area contributed by atoms with Crippen LogP contribution in [0.4, 0.5) is 0 Å². The van der Waals surface area contributed by atoms with Gasteiger partial charge in [0.05, 0.1) is 0 Å². The van der Waals surface area contributed by atoms with E-state index in [4.69, 9.17) is 5.73 Å². The number of benzene rings is 2. The summed E-state index contributed by atoms with van der Waals surface area (Å²) in [5.74, 6) is 1.15. The van der Waals surface area contributed by atoms with E-state index in [1.807, 2.05) is 18.2 Å². The summed E-state index contributed by atoms with van der Waals surface area (Å²) in [7, 11) is 0. The van der Waals surface area contributed by atoms with Crippen molar-refractivity contribution in [3.8, 4) is 0 Å². The van der Waals surface area contributed by atoms with E-state index in [-0.39, 0.29) is 5.54 Å². The second kappa shape index (κ2) is 7.81. The van der Waals surface area contributed by atoms with Gasteiger partial charge in [-0.2, -0.15) is 0 Å². The van der Waals surface area contributed by atoms with Crippen LogP contribution in [-0.2, 0) is 5.54 Å². The fourth-order valence-corrected chi connectivity index (χ4v) is 3.59. The molecule has 0 heterocycles. The van der Waals surface area contributed by atoms with Crippen molar-refractivity contribution < 1.29 is 0 Å². The topological polar surface area (TPSA) is 26.0 Å². The summed E-state index contributed by atoms with van der Waals surface area (Å²) in [6.07, 6.45) is 2.01. The summed E-state index contributed by atoms with van der Waals surface area (Å²) < 4.78 is 0. The summed E-state index contributed by atoms with van der Waals surface area (Å²) in [4.78, 5) is 0. The molecular weight excluding hydrogens is 290 g/mol. The van der Waals surface area contributed by atoms with Gasteiger partial charge in [0, 0.05) is 5.54 Å². The van der Waals surface area contributed by atoms with E-state index in [1.165, 1.54) is 5.56 Å². The third-order valence-electron chi connectivity index (χ3n) is 4.48. The van der Waals surface area contributed by atoms with Crippen LogP contribution in [0.1, 0.15) is 57.2 Å². The highest BCUT2D eigenvalue weighted by Gasteiger charge is 2.29. The maximum absolute atomic E-state index is 6.84. The second-order valence-corrected chi connectivity index (χ2v) is 7.77. The van der Waals surface area contributed by atoms with Gasteiger partial charge in [0.1, 0.15) is 0 Å². The Kier molecular flexibility index (Phi) is 6.01. The van der Waals surface area contributed by atoms with Crippen LogP contribution >= 0.6 is 0 Å². The van der Waals surface area contributed by atoms with Crippen molar-refractivity contribution in [2.45, 2.75) is 46.1 Å². The Morgan fingerprint density at radius 1 is 0.833 bits per heavy atom. The zero-order valence-corrected chi connectivity index (χ0v) is 15.5. The molecule has 0 aliphatic heterocycles. The van der Waals surface area contributed by atoms with E-state index in [0.29, 0.717) is 11.8 Å². The van der Waals surface area contributed by atoms with Crippen LogP contribution in [0.15, 0.2) is 61.2 Å². The number of hydrogen-bond acceptors (Lipinski definition) is 1. The molecule has 0 aliphatic carbocycles. The van der Waals surface area contributed by atoms with Gasteiger partial charge in [-0.15, -0.1) is 0 Å². The smallest absolute Gasteiger partial charge is 0.0414 e. The molecule has 2 aromatic rings. The normalized spacial score (nSPS) is 12.0. The van der Waals surface area contributed by atoms with Crippen molar-refractivity contribution >= 4 is 5.57 Å². The molecule has 2 rings (SSSR count). The molecule has 0 aliphatic rings. The lowest BCUT2D eigenvalue weighted by atomic mass is 9.77. The van der Waals surface area contributed by atoms with Crippen LogP contribution in [0.3, 0.4) is 0 Å². The maximum atomic E-state index is 6.84. The Labute approximate surface area is 147 Å². The molecule has 0 unspecified atom stereocenters. The lowest BCUT2D eigenvalue weighted by molar-refractivity contribution is 0.289. The quantitative estimate of drug-likeness (QED) is 0.665. The highest BCUT2D eigenvalue weighted by molar-refractivity contribution is 5.78. The summed E-state index contributed by atoms with van der Waals surface area (Å²) >= 11 is 0. The number of nitrogens with two attached hydrogens (primary N) is 1.